The van der Waals surface area contributed by atoms with Crippen LogP contribution in [0.1, 0.15) is 0 Å². The van der Waals surface area contributed by atoms with Gasteiger partial charge in [-0.15, -0.1) is 0 Å². The van der Waals surface area contributed by atoms with Crippen LogP contribution in [0.25, 0.3) is 0 Å². The van der Waals surface area contributed by atoms with Gasteiger partial charge in [0.25, 0.3) is 0 Å². The Morgan fingerprint density at radius 1 is 1.44 bits per heavy atom. The molecule has 1 rings (SSSR count). The summed E-state index contributed by atoms with van der Waals surface area (Å²) >= 11 is 0. The zero-order valence-electron chi connectivity index (χ0n) is 8.85. The molecule has 0 bridgehead atoms. The average molecular weight is 259 g/mol. The minimum atomic E-state index is -4.94. The molecule has 0 aliphatic heterocycles. The highest BCUT2D eigenvalue weighted by Gasteiger charge is 2.40. The number of aliphatic imine (C=N–C) groups is 1. The van der Waals surface area contributed by atoms with Crippen LogP contribution < -0.4 is 5.73 Å². The third kappa shape index (κ3) is 3.30. The topological polar surface area (TPSA) is 88.6 Å². The fourth-order valence-corrected chi connectivity index (χ4v) is 1.06. The van der Waals surface area contributed by atoms with E-state index in [-0.39, 0.29) is 5.82 Å². The molecule has 8 heteroatoms. The number of aromatic nitrogens is 1. The van der Waals surface area contributed by atoms with Gasteiger partial charge in [-0.2, -0.15) is 13.2 Å². The highest BCUT2D eigenvalue weighted by molar-refractivity contribution is 6.21. The second-order valence-electron chi connectivity index (χ2n) is 3.03. The van der Waals surface area contributed by atoms with Crippen LogP contribution in [-0.2, 0) is 4.79 Å². The summed E-state index contributed by atoms with van der Waals surface area (Å²) in [4.78, 5) is 17.4. The Morgan fingerprint density at radius 3 is 2.50 bits per heavy atom. The maximum Gasteiger partial charge on any atom is 0.434 e. The molecule has 3 N–H and O–H groups in total. The zero-order chi connectivity index (χ0) is 13.8. The van der Waals surface area contributed by atoms with Gasteiger partial charge < -0.3 is 10.8 Å². The molecule has 0 fully saturated rings. The Labute approximate surface area is 99.5 Å². The van der Waals surface area contributed by atoms with E-state index in [1.54, 1.807) is 0 Å². The SMILES string of the molecule is N/C=C(C(=O)O)\C(=N\c1ccccn1)C(F)(F)F. The lowest BCUT2D eigenvalue weighted by molar-refractivity contribution is -0.132. The van der Waals surface area contributed by atoms with Gasteiger partial charge in [-0.05, 0) is 12.1 Å². The van der Waals surface area contributed by atoms with Crippen molar-refractivity contribution in [2.24, 2.45) is 10.7 Å². The average Bonchev–Trinajstić information content (AvgIpc) is 2.28. The molecule has 0 saturated heterocycles. The molecular weight excluding hydrogens is 251 g/mol. The second kappa shape index (κ2) is 5.30. The van der Waals surface area contributed by atoms with E-state index >= 15 is 0 Å². The number of rotatable bonds is 3. The lowest BCUT2D eigenvalue weighted by Gasteiger charge is -2.10. The molecule has 18 heavy (non-hydrogen) atoms. The van der Waals surface area contributed by atoms with E-state index in [0.29, 0.717) is 6.20 Å². The summed E-state index contributed by atoms with van der Waals surface area (Å²) < 4.78 is 38.1. The van der Waals surface area contributed by atoms with Crippen LogP contribution in [0.3, 0.4) is 0 Å². The molecule has 1 heterocycles. The summed E-state index contributed by atoms with van der Waals surface area (Å²) in [6.45, 7) is 0. The van der Waals surface area contributed by atoms with E-state index in [2.05, 4.69) is 9.98 Å². The zero-order valence-corrected chi connectivity index (χ0v) is 8.85. The van der Waals surface area contributed by atoms with Gasteiger partial charge in [0, 0.05) is 12.4 Å². The van der Waals surface area contributed by atoms with E-state index in [1.165, 1.54) is 24.4 Å². The Balaban J connectivity index is 3.32. The Hall–Kier alpha value is -2.38. The molecule has 0 unspecified atom stereocenters. The first kappa shape index (κ1) is 13.7. The van der Waals surface area contributed by atoms with Gasteiger partial charge in [0.2, 0.25) is 0 Å². The van der Waals surface area contributed by atoms with Crippen molar-refractivity contribution >= 4 is 17.5 Å². The van der Waals surface area contributed by atoms with E-state index in [0.717, 1.165) is 0 Å². The number of nitrogens with two attached hydrogens (primary N) is 1. The van der Waals surface area contributed by atoms with Crippen LogP contribution in [0.5, 0.6) is 0 Å². The molecule has 1 aromatic heterocycles. The number of hydrogen-bond acceptors (Lipinski definition) is 4. The van der Waals surface area contributed by atoms with Gasteiger partial charge in [-0.25, -0.2) is 14.8 Å². The van der Waals surface area contributed by atoms with Crippen LogP contribution in [-0.4, -0.2) is 27.9 Å². The van der Waals surface area contributed by atoms with E-state index in [9.17, 15) is 18.0 Å². The molecule has 1 aromatic rings. The largest absolute Gasteiger partial charge is 0.478 e. The van der Waals surface area contributed by atoms with Crippen LogP contribution >= 0.6 is 0 Å². The molecule has 0 aromatic carbocycles. The van der Waals surface area contributed by atoms with Gasteiger partial charge in [0.1, 0.15) is 5.57 Å². The van der Waals surface area contributed by atoms with E-state index < -0.39 is 23.4 Å². The quantitative estimate of drug-likeness (QED) is 0.638. The predicted octanol–water partition coefficient (Wildman–Crippen LogP) is 1.64. The fraction of sp³-hybridized carbons (Fsp3) is 0.100. The standard InChI is InChI=1S/C10H8F3N3O2/c11-10(12,13)8(6(5-14)9(17)18)16-7-3-1-2-4-15-7/h1-5H,14H2,(H,17,18)/b6-5+,16-8-. The molecule has 0 radical (unpaired) electrons. The summed E-state index contributed by atoms with van der Waals surface area (Å²) in [5, 5.41) is 8.64. The smallest absolute Gasteiger partial charge is 0.434 e. The first-order valence-corrected chi connectivity index (χ1v) is 4.58. The molecule has 0 aliphatic rings. The van der Waals surface area contributed by atoms with Gasteiger partial charge in [-0.3, -0.25) is 0 Å². The summed E-state index contributed by atoms with van der Waals surface area (Å²) in [7, 11) is 0. The number of halogens is 3. The molecule has 96 valence electrons. The normalized spacial score (nSPS) is 13.5. The van der Waals surface area contributed by atoms with Crippen LogP contribution in [0.2, 0.25) is 0 Å². The highest BCUT2D eigenvalue weighted by Crippen LogP contribution is 2.24. The highest BCUT2D eigenvalue weighted by atomic mass is 19.4. The summed E-state index contributed by atoms with van der Waals surface area (Å²) in [5.74, 6) is -2.07. The molecule has 0 atom stereocenters. The van der Waals surface area contributed by atoms with Gasteiger partial charge in [0.05, 0.1) is 0 Å². The minimum Gasteiger partial charge on any atom is -0.478 e. The molecule has 0 aliphatic carbocycles. The van der Waals surface area contributed by atoms with Gasteiger partial charge >= 0.3 is 12.1 Å². The van der Waals surface area contributed by atoms with Crippen LogP contribution in [0, 0.1) is 0 Å². The van der Waals surface area contributed by atoms with Crippen LogP contribution in [0.4, 0.5) is 19.0 Å². The Bertz CT molecular complexity index is 495. The van der Waals surface area contributed by atoms with E-state index in [1.807, 2.05) is 0 Å². The van der Waals surface area contributed by atoms with Crippen molar-refractivity contribution in [3.05, 3.63) is 36.2 Å². The molecule has 0 amide bonds. The van der Waals surface area contributed by atoms with Crippen LogP contribution in [0.15, 0.2) is 41.2 Å². The first-order chi connectivity index (χ1) is 8.36. The molecule has 0 saturated carbocycles. The van der Waals surface area contributed by atoms with Crippen molar-refractivity contribution in [1.29, 1.82) is 0 Å². The Kier molecular flexibility index (Phi) is 4.03. The number of carboxylic acids is 1. The summed E-state index contributed by atoms with van der Waals surface area (Å²) in [5.41, 5.74) is 2.15. The minimum absolute atomic E-state index is 0.259. The van der Waals surface area contributed by atoms with Gasteiger partial charge in [0.15, 0.2) is 11.5 Å². The number of carboxylic acid groups (broad SMARTS) is 1. The lowest BCUT2D eigenvalue weighted by Crippen LogP contribution is -2.29. The molecule has 0 spiro atoms. The van der Waals surface area contributed by atoms with Gasteiger partial charge in [-0.1, -0.05) is 6.07 Å². The number of nitrogens with zero attached hydrogens (tertiary/aromatic N) is 2. The Morgan fingerprint density at radius 2 is 2.11 bits per heavy atom. The second-order valence-corrected chi connectivity index (χ2v) is 3.03. The third-order valence-electron chi connectivity index (χ3n) is 1.80. The predicted molar refractivity (Wildman–Crippen MR) is 57.3 cm³/mol. The number of alkyl halides is 3. The first-order valence-electron chi connectivity index (χ1n) is 4.58. The molecular formula is C10H8F3N3O2. The van der Waals surface area contributed by atoms with Crippen molar-refractivity contribution in [2.45, 2.75) is 6.18 Å². The van der Waals surface area contributed by atoms with E-state index in [4.69, 9.17) is 10.8 Å². The monoisotopic (exact) mass is 259 g/mol. The summed E-state index contributed by atoms with van der Waals surface area (Å²) in [6.07, 6.45) is -3.36. The lowest BCUT2D eigenvalue weighted by atomic mass is 10.1. The van der Waals surface area contributed by atoms with Crippen molar-refractivity contribution in [3.8, 4) is 0 Å². The number of aliphatic carboxylic acids is 1. The fourth-order valence-electron chi connectivity index (χ4n) is 1.06. The maximum atomic E-state index is 12.7. The third-order valence-corrected chi connectivity index (χ3v) is 1.80. The molecule has 5 nitrogen and oxygen atoms in total. The van der Waals surface area contributed by atoms with Crippen molar-refractivity contribution in [1.82, 2.24) is 4.98 Å². The number of carbonyl (C=O) groups is 1. The van der Waals surface area contributed by atoms with Crippen molar-refractivity contribution in [3.63, 3.8) is 0 Å². The maximum absolute atomic E-state index is 12.7. The number of pyridine rings is 1. The van der Waals surface area contributed by atoms with Crippen molar-refractivity contribution in [2.75, 3.05) is 0 Å². The summed E-state index contributed by atoms with van der Waals surface area (Å²) in [6, 6.07) is 4.12. The number of hydrogen-bond donors (Lipinski definition) is 2. The van der Waals surface area contributed by atoms with Crippen molar-refractivity contribution < 1.29 is 23.1 Å².